The van der Waals surface area contributed by atoms with Crippen molar-refractivity contribution in [3.8, 4) is 0 Å². The average Bonchev–Trinajstić information content (AvgIpc) is 2.53. The van der Waals surface area contributed by atoms with Gasteiger partial charge in [-0.1, -0.05) is 36.4 Å². The zero-order valence-corrected chi connectivity index (χ0v) is 12.8. The molecule has 1 N–H and O–H groups in total. The van der Waals surface area contributed by atoms with Crippen molar-refractivity contribution >= 4 is 10.8 Å². The fraction of sp³-hybridized carbons (Fsp3) is 0.444. The standard InChI is InChI=1S/C18H25NO2/c1-20-12-13-21-11-5-4-10-19-15-16-8-9-17-6-2-3-7-18(17)14-16/h2-3,6-9,14,19H,4-5,10-13,15H2,1H3. The molecule has 2 rings (SSSR count). The van der Waals surface area contributed by atoms with Crippen LogP contribution in [0.3, 0.4) is 0 Å². The maximum atomic E-state index is 5.43. The molecule has 2 aromatic rings. The minimum absolute atomic E-state index is 0.681. The number of fused-ring (bicyclic) bond motifs is 1. The Hall–Kier alpha value is -1.42. The first-order valence-corrected chi connectivity index (χ1v) is 7.65. The molecule has 0 unspecified atom stereocenters. The number of nitrogens with one attached hydrogen (secondary N) is 1. The van der Waals surface area contributed by atoms with Gasteiger partial charge in [0.05, 0.1) is 13.2 Å². The fourth-order valence-electron chi connectivity index (χ4n) is 2.28. The van der Waals surface area contributed by atoms with E-state index in [2.05, 4.69) is 47.8 Å². The zero-order valence-electron chi connectivity index (χ0n) is 12.8. The molecule has 21 heavy (non-hydrogen) atoms. The monoisotopic (exact) mass is 287 g/mol. The van der Waals surface area contributed by atoms with Crippen molar-refractivity contribution in [3.63, 3.8) is 0 Å². The van der Waals surface area contributed by atoms with Crippen LogP contribution in [0.15, 0.2) is 42.5 Å². The number of benzene rings is 2. The molecule has 0 bridgehead atoms. The molecule has 2 aromatic carbocycles. The highest BCUT2D eigenvalue weighted by molar-refractivity contribution is 5.82. The van der Waals surface area contributed by atoms with Crippen molar-refractivity contribution in [1.82, 2.24) is 5.32 Å². The number of unbranched alkanes of at least 4 members (excludes halogenated alkanes) is 1. The smallest absolute Gasteiger partial charge is 0.0700 e. The third-order valence-electron chi connectivity index (χ3n) is 3.47. The Morgan fingerprint density at radius 3 is 2.62 bits per heavy atom. The van der Waals surface area contributed by atoms with E-state index in [1.165, 1.54) is 16.3 Å². The van der Waals surface area contributed by atoms with Crippen LogP contribution in [-0.2, 0) is 16.0 Å². The lowest BCUT2D eigenvalue weighted by atomic mass is 10.1. The van der Waals surface area contributed by atoms with Gasteiger partial charge in [0.25, 0.3) is 0 Å². The first-order chi connectivity index (χ1) is 10.4. The molecule has 0 aliphatic rings. The van der Waals surface area contributed by atoms with E-state index in [0.717, 1.165) is 32.5 Å². The summed E-state index contributed by atoms with van der Waals surface area (Å²) in [6, 6.07) is 15.1. The highest BCUT2D eigenvalue weighted by atomic mass is 16.5. The number of methoxy groups -OCH3 is 1. The maximum Gasteiger partial charge on any atom is 0.0700 e. The Kier molecular flexibility index (Phi) is 7.22. The largest absolute Gasteiger partial charge is 0.382 e. The molecule has 0 atom stereocenters. The molecular formula is C18H25NO2. The van der Waals surface area contributed by atoms with Gasteiger partial charge in [-0.2, -0.15) is 0 Å². The van der Waals surface area contributed by atoms with Gasteiger partial charge < -0.3 is 14.8 Å². The van der Waals surface area contributed by atoms with Gasteiger partial charge in [0.1, 0.15) is 0 Å². The van der Waals surface area contributed by atoms with Gasteiger partial charge in [-0.3, -0.25) is 0 Å². The van der Waals surface area contributed by atoms with Crippen LogP contribution in [0.25, 0.3) is 10.8 Å². The molecule has 0 radical (unpaired) electrons. The van der Waals surface area contributed by atoms with E-state index in [1.54, 1.807) is 7.11 Å². The number of hydrogen-bond acceptors (Lipinski definition) is 3. The molecule has 3 nitrogen and oxygen atoms in total. The second kappa shape index (κ2) is 9.50. The molecule has 114 valence electrons. The summed E-state index contributed by atoms with van der Waals surface area (Å²) in [5.41, 5.74) is 1.34. The summed E-state index contributed by atoms with van der Waals surface area (Å²) >= 11 is 0. The SMILES string of the molecule is COCCOCCCCNCc1ccc2ccccc2c1. The molecule has 0 fully saturated rings. The highest BCUT2D eigenvalue weighted by Gasteiger charge is 1.96. The molecule has 0 aromatic heterocycles. The summed E-state index contributed by atoms with van der Waals surface area (Å²) < 4.78 is 10.4. The first kappa shape index (κ1) is 16.0. The van der Waals surface area contributed by atoms with Crippen LogP contribution in [0.1, 0.15) is 18.4 Å². The Balaban J connectivity index is 1.59. The van der Waals surface area contributed by atoms with Gasteiger partial charge in [0.2, 0.25) is 0 Å². The normalized spacial score (nSPS) is 11.1. The Morgan fingerprint density at radius 2 is 1.76 bits per heavy atom. The van der Waals surface area contributed by atoms with Gasteiger partial charge >= 0.3 is 0 Å². The van der Waals surface area contributed by atoms with E-state index < -0.39 is 0 Å². The Bertz CT molecular complexity index is 527. The minimum Gasteiger partial charge on any atom is -0.382 e. The van der Waals surface area contributed by atoms with Gasteiger partial charge in [0.15, 0.2) is 0 Å². The van der Waals surface area contributed by atoms with Crippen LogP contribution in [0.5, 0.6) is 0 Å². The van der Waals surface area contributed by atoms with Crippen LogP contribution in [0.4, 0.5) is 0 Å². The lowest BCUT2D eigenvalue weighted by Gasteiger charge is -2.07. The van der Waals surface area contributed by atoms with E-state index in [4.69, 9.17) is 9.47 Å². The summed E-state index contributed by atoms with van der Waals surface area (Å²) in [7, 11) is 1.69. The maximum absolute atomic E-state index is 5.43. The Labute approximate surface area is 127 Å². The molecule has 0 aliphatic carbocycles. The van der Waals surface area contributed by atoms with Crippen LogP contribution < -0.4 is 5.32 Å². The van der Waals surface area contributed by atoms with Crippen molar-refractivity contribution < 1.29 is 9.47 Å². The highest BCUT2D eigenvalue weighted by Crippen LogP contribution is 2.15. The molecule has 3 heteroatoms. The summed E-state index contributed by atoms with van der Waals surface area (Å²) in [4.78, 5) is 0. The van der Waals surface area contributed by atoms with E-state index in [0.29, 0.717) is 13.2 Å². The topological polar surface area (TPSA) is 30.5 Å². The van der Waals surface area contributed by atoms with Gasteiger partial charge in [-0.25, -0.2) is 0 Å². The van der Waals surface area contributed by atoms with Crippen LogP contribution >= 0.6 is 0 Å². The summed E-state index contributed by atoms with van der Waals surface area (Å²) in [6.07, 6.45) is 2.23. The number of hydrogen-bond donors (Lipinski definition) is 1. The Morgan fingerprint density at radius 1 is 0.905 bits per heavy atom. The minimum atomic E-state index is 0.681. The summed E-state index contributed by atoms with van der Waals surface area (Å²) in [6.45, 7) is 4.15. The first-order valence-electron chi connectivity index (χ1n) is 7.65. The second-order valence-electron chi connectivity index (χ2n) is 5.17. The van der Waals surface area contributed by atoms with Crippen molar-refractivity contribution in [1.29, 1.82) is 0 Å². The molecule has 0 spiro atoms. The van der Waals surface area contributed by atoms with Gasteiger partial charge in [-0.15, -0.1) is 0 Å². The summed E-state index contributed by atoms with van der Waals surface area (Å²) in [5.74, 6) is 0. The fourth-order valence-corrected chi connectivity index (χ4v) is 2.28. The number of rotatable bonds is 10. The molecule has 0 amide bonds. The van der Waals surface area contributed by atoms with Crippen molar-refractivity contribution in [3.05, 3.63) is 48.0 Å². The predicted molar refractivity (Wildman–Crippen MR) is 87.6 cm³/mol. The van der Waals surface area contributed by atoms with E-state index in [1.807, 2.05) is 0 Å². The molecule has 0 saturated heterocycles. The summed E-state index contributed by atoms with van der Waals surface area (Å²) in [5, 5.41) is 6.10. The lowest BCUT2D eigenvalue weighted by molar-refractivity contribution is 0.0688. The van der Waals surface area contributed by atoms with Gasteiger partial charge in [-0.05, 0) is 41.8 Å². The average molecular weight is 287 g/mol. The quantitative estimate of drug-likeness (QED) is 0.680. The molecule has 0 aliphatic heterocycles. The third kappa shape index (κ3) is 5.84. The van der Waals surface area contributed by atoms with E-state index >= 15 is 0 Å². The van der Waals surface area contributed by atoms with Crippen LogP contribution in [-0.4, -0.2) is 33.5 Å². The molecule has 0 heterocycles. The molecular weight excluding hydrogens is 262 g/mol. The van der Waals surface area contributed by atoms with Crippen LogP contribution in [0.2, 0.25) is 0 Å². The van der Waals surface area contributed by atoms with Crippen molar-refractivity contribution in [2.24, 2.45) is 0 Å². The van der Waals surface area contributed by atoms with Crippen molar-refractivity contribution in [2.75, 3.05) is 33.5 Å². The van der Waals surface area contributed by atoms with Crippen molar-refractivity contribution in [2.45, 2.75) is 19.4 Å². The second-order valence-corrected chi connectivity index (χ2v) is 5.17. The van der Waals surface area contributed by atoms with Gasteiger partial charge in [0, 0.05) is 20.3 Å². The van der Waals surface area contributed by atoms with E-state index in [9.17, 15) is 0 Å². The van der Waals surface area contributed by atoms with E-state index in [-0.39, 0.29) is 0 Å². The number of ether oxygens (including phenoxy) is 2. The zero-order chi connectivity index (χ0) is 14.8. The lowest BCUT2D eigenvalue weighted by Crippen LogP contribution is -2.15. The molecule has 0 saturated carbocycles. The predicted octanol–water partition coefficient (Wildman–Crippen LogP) is 3.37. The third-order valence-corrected chi connectivity index (χ3v) is 3.47. The van der Waals surface area contributed by atoms with Crippen LogP contribution in [0, 0.1) is 0 Å².